The second-order valence-electron chi connectivity index (χ2n) is 5.94. The summed E-state index contributed by atoms with van der Waals surface area (Å²) in [7, 11) is 0. The third-order valence-electron chi connectivity index (χ3n) is 4.14. The van der Waals surface area contributed by atoms with E-state index in [2.05, 4.69) is 10.2 Å². The van der Waals surface area contributed by atoms with E-state index in [-0.39, 0.29) is 5.91 Å². The van der Waals surface area contributed by atoms with Crippen LogP contribution in [-0.4, -0.2) is 32.2 Å². The van der Waals surface area contributed by atoms with Crippen molar-refractivity contribution in [3.05, 3.63) is 58.1 Å². The van der Waals surface area contributed by atoms with Gasteiger partial charge in [0.2, 0.25) is 5.91 Å². The van der Waals surface area contributed by atoms with E-state index in [0.29, 0.717) is 36.1 Å². The van der Waals surface area contributed by atoms with E-state index in [1.807, 2.05) is 36.4 Å². The number of hydrogen-bond donors (Lipinski definition) is 1. The third-order valence-corrected chi connectivity index (χ3v) is 4.63. The van der Waals surface area contributed by atoms with E-state index in [1.54, 1.807) is 6.07 Å². The predicted molar refractivity (Wildman–Crippen MR) is 103 cm³/mol. The number of benzene rings is 2. The Labute approximate surface area is 157 Å². The van der Waals surface area contributed by atoms with Gasteiger partial charge >= 0.3 is 0 Å². The van der Waals surface area contributed by atoms with E-state index in [1.165, 1.54) is 0 Å². The molecule has 6 heteroatoms. The Balaban J connectivity index is 1.65. The van der Waals surface area contributed by atoms with Crippen molar-refractivity contribution >= 4 is 40.5 Å². The van der Waals surface area contributed by atoms with Crippen LogP contribution >= 0.6 is 23.2 Å². The number of nitrogens with zero attached hydrogens (tertiary/aromatic N) is 1. The monoisotopic (exact) mass is 378 g/mol. The number of aryl methyl sites for hydroxylation is 1. The van der Waals surface area contributed by atoms with E-state index in [0.717, 1.165) is 30.0 Å². The first-order valence-corrected chi connectivity index (χ1v) is 9.04. The van der Waals surface area contributed by atoms with Gasteiger partial charge in [0, 0.05) is 29.6 Å². The van der Waals surface area contributed by atoms with Gasteiger partial charge in [-0.1, -0.05) is 35.3 Å². The van der Waals surface area contributed by atoms with Crippen LogP contribution in [0.2, 0.25) is 10.0 Å². The number of carbonyl (C=O) groups is 1. The van der Waals surface area contributed by atoms with Gasteiger partial charge in [0.1, 0.15) is 0 Å². The lowest BCUT2D eigenvalue weighted by molar-refractivity contribution is -0.116. The molecule has 1 N–H and O–H groups in total. The van der Waals surface area contributed by atoms with Crippen molar-refractivity contribution in [1.82, 2.24) is 0 Å². The van der Waals surface area contributed by atoms with Crippen molar-refractivity contribution in [3.63, 3.8) is 0 Å². The maximum absolute atomic E-state index is 12.4. The van der Waals surface area contributed by atoms with Crippen LogP contribution in [0.4, 0.5) is 11.4 Å². The molecule has 2 aromatic carbocycles. The highest BCUT2D eigenvalue weighted by molar-refractivity contribution is 6.31. The topological polar surface area (TPSA) is 41.6 Å². The maximum atomic E-state index is 12.4. The molecule has 1 saturated heterocycles. The molecular weight excluding hydrogens is 359 g/mol. The molecule has 0 atom stereocenters. The fourth-order valence-corrected chi connectivity index (χ4v) is 3.11. The van der Waals surface area contributed by atoms with Gasteiger partial charge in [-0.2, -0.15) is 0 Å². The molecule has 132 valence electrons. The normalized spacial score (nSPS) is 14.4. The fraction of sp³-hybridized carbons (Fsp3) is 0.316. The first-order valence-electron chi connectivity index (χ1n) is 8.28. The lowest BCUT2D eigenvalue weighted by Crippen LogP contribution is -2.36. The highest BCUT2D eigenvalue weighted by Crippen LogP contribution is 2.30. The molecule has 3 rings (SSSR count). The summed E-state index contributed by atoms with van der Waals surface area (Å²) in [6, 6.07) is 13.1. The molecule has 0 spiro atoms. The number of rotatable bonds is 5. The third kappa shape index (κ3) is 5.11. The highest BCUT2D eigenvalue weighted by Gasteiger charge is 2.16. The SMILES string of the molecule is O=C(CCc1ccc(Cl)cc1)Nc1cc(Cl)ccc1N1CCOCC1. The largest absolute Gasteiger partial charge is 0.378 e. The zero-order chi connectivity index (χ0) is 17.6. The molecule has 1 fully saturated rings. The van der Waals surface area contributed by atoms with Crippen molar-refractivity contribution in [2.75, 3.05) is 36.5 Å². The minimum atomic E-state index is -0.0354. The van der Waals surface area contributed by atoms with Gasteiger partial charge in [-0.15, -0.1) is 0 Å². The smallest absolute Gasteiger partial charge is 0.224 e. The van der Waals surface area contributed by atoms with Crippen LogP contribution in [0.15, 0.2) is 42.5 Å². The minimum absolute atomic E-state index is 0.0354. The Morgan fingerprint density at radius 2 is 1.72 bits per heavy atom. The summed E-state index contributed by atoms with van der Waals surface area (Å²) in [4.78, 5) is 14.6. The Kier molecular flexibility index (Phi) is 6.19. The summed E-state index contributed by atoms with van der Waals surface area (Å²) in [5.74, 6) is -0.0354. The molecule has 25 heavy (non-hydrogen) atoms. The summed E-state index contributed by atoms with van der Waals surface area (Å²) in [6.07, 6.45) is 1.06. The number of ether oxygens (including phenoxy) is 1. The summed E-state index contributed by atoms with van der Waals surface area (Å²) >= 11 is 12.0. The second kappa shape index (κ2) is 8.56. The second-order valence-corrected chi connectivity index (χ2v) is 6.81. The summed E-state index contributed by atoms with van der Waals surface area (Å²) in [5, 5.41) is 4.30. The standard InChI is InChI=1S/C19H20Cl2N2O2/c20-15-4-1-14(2-5-15)3-8-19(24)22-17-13-16(21)6-7-18(17)23-9-11-25-12-10-23/h1-2,4-7,13H,3,8-12H2,(H,22,24). The molecule has 0 saturated carbocycles. The van der Waals surface area contributed by atoms with Crippen LogP contribution < -0.4 is 10.2 Å². The Bertz CT molecular complexity index is 729. The van der Waals surface area contributed by atoms with Gasteiger partial charge in [-0.25, -0.2) is 0 Å². The number of hydrogen-bond acceptors (Lipinski definition) is 3. The zero-order valence-corrected chi connectivity index (χ0v) is 15.3. The van der Waals surface area contributed by atoms with Crippen LogP contribution in [0.25, 0.3) is 0 Å². The molecule has 0 aliphatic carbocycles. The molecule has 1 aliphatic rings. The Morgan fingerprint density at radius 3 is 2.44 bits per heavy atom. The van der Waals surface area contributed by atoms with Gasteiger partial charge < -0.3 is 15.0 Å². The first kappa shape index (κ1) is 18.1. The molecule has 0 bridgehead atoms. The quantitative estimate of drug-likeness (QED) is 0.837. The number of morpholine rings is 1. The maximum Gasteiger partial charge on any atom is 0.224 e. The van der Waals surface area contributed by atoms with Crippen molar-refractivity contribution in [3.8, 4) is 0 Å². The molecule has 0 radical (unpaired) electrons. The van der Waals surface area contributed by atoms with Crippen molar-refractivity contribution < 1.29 is 9.53 Å². The number of carbonyl (C=O) groups excluding carboxylic acids is 1. The average Bonchev–Trinajstić information content (AvgIpc) is 2.62. The van der Waals surface area contributed by atoms with Crippen molar-refractivity contribution in [2.24, 2.45) is 0 Å². The number of nitrogens with one attached hydrogen (secondary N) is 1. The van der Waals surface area contributed by atoms with Crippen LogP contribution in [-0.2, 0) is 16.0 Å². The fourth-order valence-electron chi connectivity index (χ4n) is 2.81. The Morgan fingerprint density at radius 1 is 1.04 bits per heavy atom. The average molecular weight is 379 g/mol. The lowest BCUT2D eigenvalue weighted by Gasteiger charge is -2.30. The van der Waals surface area contributed by atoms with Crippen molar-refractivity contribution in [2.45, 2.75) is 12.8 Å². The van der Waals surface area contributed by atoms with Gasteiger partial charge in [-0.3, -0.25) is 4.79 Å². The molecule has 2 aromatic rings. The van der Waals surface area contributed by atoms with Gasteiger partial charge in [0.25, 0.3) is 0 Å². The highest BCUT2D eigenvalue weighted by atomic mass is 35.5. The van der Waals surface area contributed by atoms with Crippen LogP contribution in [0, 0.1) is 0 Å². The van der Waals surface area contributed by atoms with Crippen LogP contribution in [0.5, 0.6) is 0 Å². The Hall–Kier alpha value is -1.75. The van der Waals surface area contributed by atoms with Crippen LogP contribution in [0.3, 0.4) is 0 Å². The molecule has 1 aliphatic heterocycles. The first-order chi connectivity index (χ1) is 12.1. The van der Waals surface area contributed by atoms with Gasteiger partial charge in [0.05, 0.1) is 24.6 Å². The van der Waals surface area contributed by atoms with Gasteiger partial charge in [-0.05, 0) is 42.3 Å². The molecule has 0 aromatic heterocycles. The van der Waals surface area contributed by atoms with E-state index in [9.17, 15) is 4.79 Å². The van der Waals surface area contributed by atoms with E-state index in [4.69, 9.17) is 27.9 Å². The molecule has 1 heterocycles. The van der Waals surface area contributed by atoms with E-state index < -0.39 is 0 Å². The molecule has 4 nitrogen and oxygen atoms in total. The minimum Gasteiger partial charge on any atom is -0.378 e. The summed E-state index contributed by atoms with van der Waals surface area (Å²) in [5.41, 5.74) is 2.81. The van der Waals surface area contributed by atoms with E-state index >= 15 is 0 Å². The molecular formula is C19H20Cl2N2O2. The van der Waals surface area contributed by atoms with Crippen LogP contribution in [0.1, 0.15) is 12.0 Å². The molecule has 1 amide bonds. The van der Waals surface area contributed by atoms with Gasteiger partial charge in [0.15, 0.2) is 0 Å². The lowest BCUT2D eigenvalue weighted by atomic mass is 10.1. The zero-order valence-electron chi connectivity index (χ0n) is 13.8. The predicted octanol–water partition coefficient (Wildman–Crippen LogP) is 4.40. The number of amides is 1. The summed E-state index contributed by atoms with van der Waals surface area (Å²) in [6.45, 7) is 2.98. The number of anilines is 2. The summed E-state index contributed by atoms with van der Waals surface area (Å²) < 4.78 is 5.40. The number of halogens is 2. The molecule has 0 unspecified atom stereocenters. The van der Waals surface area contributed by atoms with Crippen molar-refractivity contribution in [1.29, 1.82) is 0 Å².